The summed E-state index contributed by atoms with van der Waals surface area (Å²) in [5.74, 6) is -0.0864. The van der Waals surface area contributed by atoms with Gasteiger partial charge in [0, 0.05) is 5.25 Å². The van der Waals surface area contributed by atoms with Gasteiger partial charge in [0.2, 0.25) is 0 Å². The summed E-state index contributed by atoms with van der Waals surface area (Å²) in [6.45, 7) is 4.53. The van der Waals surface area contributed by atoms with E-state index in [1.165, 1.54) is 25.7 Å². The van der Waals surface area contributed by atoms with Gasteiger partial charge in [-0.05, 0) is 13.3 Å². The molecule has 3 heteroatoms. The van der Waals surface area contributed by atoms with Gasteiger partial charge in [-0.25, -0.2) is 0 Å². The van der Waals surface area contributed by atoms with Gasteiger partial charge < -0.3 is 4.74 Å². The first-order valence-electron chi connectivity index (χ1n) is 5.78. The molecule has 0 bridgehead atoms. The first kappa shape index (κ1) is 12.6. The summed E-state index contributed by atoms with van der Waals surface area (Å²) >= 11 is 1.72. The summed E-state index contributed by atoms with van der Waals surface area (Å²) in [5.41, 5.74) is 0. The van der Waals surface area contributed by atoms with Crippen molar-refractivity contribution >= 4 is 17.7 Å². The van der Waals surface area contributed by atoms with Gasteiger partial charge in [0.05, 0.1) is 6.61 Å². The van der Waals surface area contributed by atoms with Crippen LogP contribution in [0.25, 0.3) is 0 Å². The van der Waals surface area contributed by atoms with Crippen LogP contribution in [0.2, 0.25) is 0 Å². The van der Waals surface area contributed by atoms with Gasteiger partial charge in [-0.15, -0.1) is 11.8 Å². The predicted octanol–water partition coefficient (Wildman–Crippen LogP) is 3.17. The molecule has 0 unspecified atom stereocenters. The highest BCUT2D eigenvalue weighted by Crippen LogP contribution is 2.31. The van der Waals surface area contributed by atoms with Gasteiger partial charge >= 0.3 is 5.97 Å². The molecule has 0 aliphatic carbocycles. The van der Waals surface area contributed by atoms with Crippen LogP contribution in [0.15, 0.2) is 12.2 Å². The molecule has 86 valence electrons. The van der Waals surface area contributed by atoms with Crippen molar-refractivity contribution in [3.63, 3.8) is 0 Å². The molecule has 0 radical (unpaired) electrons. The number of carbonyl (C=O) groups is 1. The molecule has 2 atom stereocenters. The van der Waals surface area contributed by atoms with Crippen LogP contribution >= 0.6 is 11.8 Å². The van der Waals surface area contributed by atoms with E-state index in [4.69, 9.17) is 4.74 Å². The second-order valence-corrected chi connectivity index (χ2v) is 5.11. The minimum Gasteiger partial charge on any atom is -0.465 e. The minimum absolute atomic E-state index is 0.0587. The molecule has 0 amide bonds. The molecular formula is C12H20O2S. The summed E-state index contributed by atoms with van der Waals surface area (Å²) in [5, 5.41) is 0.461. The first-order valence-corrected chi connectivity index (χ1v) is 6.72. The monoisotopic (exact) mass is 228 g/mol. The number of carbonyl (C=O) groups excluding carboxylic acids is 1. The van der Waals surface area contributed by atoms with E-state index >= 15 is 0 Å². The fourth-order valence-electron chi connectivity index (χ4n) is 1.62. The van der Waals surface area contributed by atoms with Gasteiger partial charge in [0.15, 0.2) is 0 Å². The smallest absolute Gasteiger partial charge is 0.322 e. The summed E-state index contributed by atoms with van der Waals surface area (Å²) in [6.07, 6.45) is 9.12. The largest absolute Gasteiger partial charge is 0.465 e. The molecule has 0 saturated carbocycles. The average molecular weight is 228 g/mol. The molecule has 1 heterocycles. The molecule has 0 fully saturated rings. The van der Waals surface area contributed by atoms with E-state index in [0.29, 0.717) is 11.9 Å². The van der Waals surface area contributed by atoms with Crippen molar-refractivity contribution in [2.75, 3.05) is 6.61 Å². The van der Waals surface area contributed by atoms with E-state index in [1.807, 2.05) is 13.0 Å². The topological polar surface area (TPSA) is 26.3 Å². The second kappa shape index (κ2) is 6.94. The van der Waals surface area contributed by atoms with E-state index in [0.717, 1.165) is 0 Å². The Kier molecular flexibility index (Phi) is 5.84. The molecule has 1 aliphatic heterocycles. The summed E-state index contributed by atoms with van der Waals surface area (Å²) in [7, 11) is 0. The van der Waals surface area contributed by atoms with Crippen molar-refractivity contribution < 1.29 is 9.53 Å². The highest BCUT2D eigenvalue weighted by molar-refractivity contribution is 8.01. The molecule has 1 aliphatic rings. The second-order valence-electron chi connectivity index (χ2n) is 3.73. The number of hydrogen-bond acceptors (Lipinski definition) is 3. The Bertz CT molecular complexity index is 226. The number of hydrogen-bond donors (Lipinski definition) is 0. The van der Waals surface area contributed by atoms with Crippen LogP contribution in [0.4, 0.5) is 0 Å². The predicted molar refractivity (Wildman–Crippen MR) is 65.1 cm³/mol. The van der Waals surface area contributed by atoms with Crippen LogP contribution in [0, 0.1) is 0 Å². The van der Waals surface area contributed by atoms with E-state index in [-0.39, 0.29) is 11.2 Å². The van der Waals surface area contributed by atoms with Gasteiger partial charge in [-0.2, -0.15) is 0 Å². The summed E-state index contributed by atoms with van der Waals surface area (Å²) in [4.78, 5) is 11.4. The van der Waals surface area contributed by atoms with Crippen molar-refractivity contribution in [2.45, 2.75) is 50.0 Å². The zero-order chi connectivity index (χ0) is 11.1. The van der Waals surface area contributed by atoms with Crippen molar-refractivity contribution in [3.05, 3.63) is 12.2 Å². The fraction of sp³-hybridized carbons (Fsp3) is 0.750. The van der Waals surface area contributed by atoms with Gasteiger partial charge in [-0.3, -0.25) is 4.79 Å². The van der Waals surface area contributed by atoms with Gasteiger partial charge in [-0.1, -0.05) is 38.3 Å². The maximum atomic E-state index is 11.4. The SMILES string of the molecule is CCCCC[C@H]1C=C[C@H](C(=O)OCC)S1. The fourth-order valence-corrected chi connectivity index (χ4v) is 2.84. The number of unbranched alkanes of at least 4 members (excludes halogenated alkanes) is 2. The molecule has 0 aromatic heterocycles. The molecule has 1 rings (SSSR count). The number of esters is 1. The molecule has 0 spiro atoms. The van der Waals surface area contributed by atoms with E-state index in [2.05, 4.69) is 13.0 Å². The maximum Gasteiger partial charge on any atom is 0.322 e. The zero-order valence-electron chi connectivity index (χ0n) is 9.57. The first-order chi connectivity index (χ1) is 7.27. The number of thioether (sulfide) groups is 1. The molecule has 2 nitrogen and oxygen atoms in total. The van der Waals surface area contributed by atoms with E-state index in [1.54, 1.807) is 11.8 Å². The molecule has 0 saturated heterocycles. The highest BCUT2D eigenvalue weighted by Gasteiger charge is 2.25. The van der Waals surface area contributed by atoms with Crippen molar-refractivity contribution in [2.24, 2.45) is 0 Å². The van der Waals surface area contributed by atoms with Crippen LogP contribution in [0.5, 0.6) is 0 Å². The Morgan fingerprint density at radius 3 is 2.80 bits per heavy atom. The van der Waals surface area contributed by atoms with Crippen LogP contribution in [0.1, 0.15) is 39.5 Å². The molecule has 0 N–H and O–H groups in total. The van der Waals surface area contributed by atoms with Crippen LogP contribution < -0.4 is 0 Å². The molecule has 15 heavy (non-hydrogen) atoms. The van der Waals surface area contributed by atoms with E-state index in [9.17, 15) is 4.79 Å². The van der Waals surface area contributed by atoms with Crippen molar-refractivity contribution in [1.29, 1.82) is 0 Å². The van der Waals surface area contributed by atoms with Crippen LogP contribution in [-0.4, -0.2) is 23.1 Å². The Balaban J connectivity index is 2.21. The summed E-state index contributed by atoms with van der Waals surface area (Å²) in [6, 6.07) is 0. The third kappa shape index (κ3) is 4.29. The normalized spacial score (nSPS) is 24.4. The number of rotatable bonds is 6. The van der Waals surface area contributed by atoms with Gasteiger partial charge in [0.1, 0.15) is 5.25 Å². The van der Waals surface area contributed by atoms with Crippen LogP contribution in [0.3, 0.4) is 0 Å². The van der Waals surface area contributed by atoms with Gasteiger partial charge in [0.25, 0.3) is 0 Å². The lowest BCUT2D eigenvalue weighted by Gasteiger charge is -2.10. The average Bonchev–Trinajstić information content (AvgIpc) is 2.67. The Hall–Kier alpha value is -0.440. The standard InChI is InChI=1S/C12H20O2S/c1-3-5-6-7-10-8-9-11(15-10)12(13)14-4-2/h8-11H,3-7H2,1-2H3/t10-,11+/m0/s1. The lowest BCUT2D eigenvalue weighted by molar-refractivity contribution is -0.141. The lowest BCUT2D eigenvalue weighted by atomic mass is 10.1. The third-order valence-electron chi connectivity index (χ3n) is 2.43. The zero-order valence-corrected chi connectivity index (χ0v) is 10.4. The van der Waals surface area contributed by atoms with Crippen molar-refractivity contribution in [1.82, 2.24) is 0 Å². The quantitative estimate of drug-likeness (QED) is 0.397. The molecular weight excluding hydrogens is 208 g/mol. The summed E-state index contributed by atoms with van der Waals surface area (Å²) < 4.78 is 4.99. The third-order valence-corrected chi connectivity index (χ3v) is 3.82. The van der Waals surface area contributed by atoms with Crippen LogP contribution in [-0.2, 0) is 9.53 Å². The Morgan fingerprint density at radius 2 is 2.13 bits per heavy atom. The van der Waals surface area contributed by atoms with Crippen molar-refractivity contribution in [3.8, 4) is 0 Å². The Morgan fingerprint density at radius 1 is 1.33 bits per heavy atom. The minimum atomic E-state index is -0.0864. The molecule has 0 aromatic rings. The number of ether oxygens (including phenoxy) is 1. The lowest BCUT2D eigenvalue weighted by Crippen LogP contribution is -2.17. The Labute approximate surface area is 96.5 Å². The van der Waals surface area contributed by atoms with E-state index < -0.39 is 0 Å². The molecule has 0 aromatic carbocycles. The maximum absolute atomic E-state index is 11.4. The highest BCUT2D eigenvalue weighted by atomic mass is 32.2.